The van der Waals surface area contributed by atoms with Gasteiger partial charge < -0.3 is 10.1 Å². The summed E-state index contributed by atoms with van der Waals surface area (Å²) in [6, 6.07) is -0.0441. The third-order valence-electron chi connectivity index (χ3n) is 3.25. The van der Waals surface area contributed by atoms with Crippen LogP contribution < -0.4 is 5.32 Å². The van der Waals surface area contributed by atoms with Gasteiger partial charge in [-0.3, -0.25) is 4.90 Å². The van der Waals surface area contributed by atoms with Gasteiger partial charge in [-0.25, -0.2) is 9.78 Å². The topological polar surface area (TPSA) is 54.5 Å². The zero-order valence-electron chi connectivity index (χ0n) is 13.5. The molecule has 21 heavy (non-hydrogen) atoms. The highest BCUT2D eigenvalue weighted by Crippen LogP contribution is 2.28. The summed E-state index contributed by atoms with van der Waals surface area (Å²) < 4.78 is 5.52. The molecule has 0 aromatic carbocycles. The molecule has 1 aliphatic rings. The number of nitrogens with one attached hydrogen (secondary N) is 1. The maximum Gasteiger partial charge on any atom is 0.410 e. The maximum absolute atomic E-state index is 12.4. The third kappa shape index (κ3) is 4.17. The number of aromatic nitrogens is 1. The van der Waals surface area contributed by atoms with Crippen LogP contribution in [0.25, 0.3) is 0 Å². The van der Waals surface area contributed by atoms with E-state index in [1.165, 1.54) is 0 Å². The van der Waals surface area contributed by atoms with Gasteiger partial charge in [-0.15, -0.1) is 11.3 Å². The Kier molecular flexibility index (Phi) is 4.88. The summed E-state index contributed by atoms with van der Waals surface area (Å²) in [5, 5.41) is 6.51. The lowest BCUT2D eigenvalue weighted by Gasteiger charge is -2.36. The Morgan fingerprint density at radius 1 is 1.52 bits per heavy atom. The first-order valence-corrected chi connectivity index (χ1v) is 8.31. The Morgan fingerprint density at radius 2 is 2.24 bits per heavy atom. The quantitative estimate of drug-likeness (QED) is 0.911. The fourth-order valence-corrected chi connectivity index (χ4v) is 3.11. The zero-order chi connectivity index (χ0) is 15.6. The molecular weight excluding hydrogens is 286 g/mol. The van der Waals surface area contributed by atoms with Crippen molar-refractivity contribution in [1.29, 1.82) is 0 Å². The second-order valence-electron chi connectivity index (χ2n) is 6.66. The first-order chi connectivity index (χ1) is 9.78. The van der Waals surface area contributed by atoms with Gasteiger partial charge in [-0.1, -0.05) is 13.8 Å². The standard InChI is InChI=1S/C15H25N3O2S/c1-10(2)13-17-11(9-21-13)12-8-16-6-7-18(12)14(19)20-15(3,4)5/h9-10,12,16H,6-8H2,1-5H3. The van der Waals surface area contributed by atoms with Crippen LogP contribution in [0.15, 0.2) is 5.38 Å². The molecule has 5 nitrogen and oxygen atoms in total. The minimum absolute atomic E-state index is 0.0441. The molecule has 2 heterocycles. The Bertz CT molecular complexity index is 493. The second-order valence-corrected chi connectivity index (χ2v) is 7.55. The van der Waals surface area contributed by atoms with Crippen LogP contribution in [0.4, 0.5) is 4.79 Å². The largest absolute Gasteiger partial charge is 0.444 e. The normalized spacial score (nSPS) is 19.9. The van der Waals surface area contributed by atoms with Crippen LogP contribution in [0.5, 0.6) is 0 Å². The molecule has 0 spiro atoms. The summed E-state index contributed by atoms with van der Waals surface area (Å²) >= 11 is 1.66. The average molecular weight is 311 g/mol. The van der Waals surface area contributed by atoms with Crippen molar-refractivity contribution in [1.82, 2.24) is 15.2 Å². The number of rotatable bonds is 2. The van der Waals surface area contributed by atoms with Gasteiger partial charge in [0.15, 0.2) is 0 Å². The van der Waals surface area contributed by atoms with E-state index in [1.807, 2.05) is 20.8 Å². The van der Waals surface area contributed by atoms with Crippen LogP contribution in [0, 0.1) is 0 Å². The highest BCUT2D eigenvalue weighted by Gasteiger charge is 2.32. The van der Waals surface area contributed by atoms with Crippen LogP contribution in [-0.2, 0) is 4.74 Å². The number of carbonyl (C=O) groups is 1. The molecule has 1 unspecified atom stereocenters. The number of carbonyl (C=O) groups excluding carboxylic acids is 1. The van der Waals surface area contributed by atoms with Gasteiger partial charge in [0.05, 0.1) is 16.7 Å². The Morgan fingerprint density at radius 3 is 2.81 bits per heavy atom. The van der Waals surface area contributed by atoms with Crippen LogP contribution in [0.3, 0.4) is 0 Å². The summed E-state index contributed by atoms with van der Waals surface area (Å²) in [5.74, 6) is 0.412. The van der Waals surface area contributed by atoms with Gasteiger partial charge in [0, 0.05) is 30.9 Å². The summed E-state index contributed by atoms with van der Waals surface area (Å²) in [7, 11) is 0. The monoisotopic (exact) mass is 311 g/mol. The number of hydrogen-bond acceptors (Lipinski definition) is 5. The van der Waals surface area contributed by atoms with Crippen LogP contribution >= 0.6 is 11.3 Å². The molecule has 1 aromatic heterocycles. The van der Waals surface area contributed by atoms with Crippen molar-refractivity contribution in [3.05, 3.63) is 16.1 Å². The highest BCUT2D eigenvalue weighted by atomic mass is 32.1. The molecule has 118 valence electrons. The van der Waals surface area contributed by atoms with E-state index in [2.05, 4.69) is 24.5 Å². The molecule has 1 N–H and O–H groups in total. The molecule has 1 atom stereocenters. The first kappa shape index (κ1) is 16.2. The number of piperazine rings is 1. The minimum Gasteiger partial charge on any atom is -0.444 e. The molecule has 1 aromatic rings. The first-order valence-electron chi connectivity index (χ1n) is 7.43. The fraction of sp³-hybridized carbons (Fsp3) is 0.733. The molecule has 1 saturated heterocycles. The maximum atomic E-state index is 12.4. The van der Waals surface area contributed by atoms with Crippen LogP contribution in [0.2, 0.25) is 0 Å². The molecule has 1 aliphatic heterocycles. The van der Waals surface area contributed by atoms with Gasteiger partial charge >= 0.3 is 6.09 Å². The molecule has 2 rings (SSSR count). The van der Waals surface area contributed by atoms with Gasteiger partial charge in [0.25, 0.3) is 0 Å². The van der Waals surface area contributed by atoms with Gasteiger partial charge in [-0.2, -0.15) is 0 Å². The van der Waals surface area contributed by atoms with E-state index < -0.39 is 5.60 Å². The van der Waals surface area contributed by atoms with Crippen molar-refractivity contribution in [3.63, 3.8) is 0 Å². The third-order valence-corrected chi connectivity index (χ3v) is 4.41. The van der Waals surface area contributed by atoms with E-state index in [4.69, 9.17) is 9.72 Å². The molecule has 0 radical (unpaired) electrons. The Labute approximate surface area is 130 Å². The van der Waals surface area contributed by atoms with E-state index in [0.29, 0.717) is 12.5 Å². The SMILES string of the molecule is CC(C)c1nc(C2CNCCN2C(=O)OC(C)(C)C)cs1. The fourth-order valence-electron chi connectivity index (χ4n) is 2.23. The van der Waals surface area contributed by atoms with Gasteiger partial charge in [0.2, 0.25) is 0 Å². The molecule has 1 amide bonds. The van der Waals surface area contributed by atoms with Crippen molar-refractivity contribution in [2.24, 2.45) is 0 Å². The van der Waals surface area contributed by atoms with E-state index in [0.717, 1.165) is 23.8 Å². The van der Waals surface area contributed by atoms with Gasteiger partial charge in [-0.05, 0) is 20.8 Å². The van der Waals surface area contributed by atoms with Crippen molar-refractivity contribution in [3.8, 4) is 0 Å². The molecule has 0 aliphatic carbocycles. The lowest BCUT2D eigenvalue weighted by Crippen LogP contribution is -2.50. The number of ether oxygens (including phenoxy) is 1. The number of thiazole rings is 1. The van der Waals surface area contributed by atoms with Crippen molar-refractivity contribution < 1.29 is 9.53 Å². The Balaban J connectivity index is 2.16. The van der Waals surface area contributed by atoms with Crippen LogP contribution in [-0.4, -0.2) is 41.2 Å². The Hall–Kier alpha value is -1.14. The molecule has 6 heteroatoms. The highest BCUT2D eigenvalue weighted by molar-refractivity contribution is 7.09. The zero-order valence-corrected chi connectivity index (χ0v) is 14.3. The predicted molar refractivity (Wildman–Crippen MR) is 84.8 cm³/mol. The van der Waals surface area contributed by atoms with E-state index >= 15 is 0 Å². The van der Waals surface area contributed by atoms with Gasteiger partial charge in [0.1, 0.15) is 5.60 Å². The molecular formula is C15H25N3O2S. The second kappa shape index (κ2) is 6.32. The average Bonchev–Trinajstić information content (AvgIpc) is 2.86. The smallest absolute Gasteiger partial charge is 0.410 e. The number of nitrogens with zero attached hydrogens (tertiary/aromatic N) is 2. The lowest BCUT2D eigenvalue weighted by atomic mass is 10.1. The minimum atomic E-state index is -0.475. The summed E-state index contributed by atoms with van der Waals surface area (Å²) in [5.41, 5.74) is 0.485. The number of hydrogen-bond donors (Lipinski definition) is 1. The summed E-state index contributed by atoms with van der Waals surface area (Å²) in [6.45, 7) is 12.1. The van der Waals surface area contributed by atoms with E-state index in [-0.39, 0.29) is 12.1 Å². The molecule has 0 bridgehead atoms. The summed E-state index contributed by atoms with van der Waals surface area (Å²) in [4.78, 5) is 18.9. The van der Waals surface area contributed by atoms with Crippen molar-refractivity contribution in [2.45, 2.75) is 52.2 Å². The summed E-state index contributed by atoms with van der Waals surface area (Å²) in [6.07, 6.45) is -0.256. The molecule has 1 fully saturated rings. The molecule has 0 saturated carbocycles. The van der Waals surface area contributed by atoms with E-state index in [9.17, 15) is 4.79 Å². The van der Waals surface area contributed by atoms with Crippen LogP contribution in [0.1, 0.15) is 57.3 Å². The van der Waals surface area contributed by atoms with E-state index in [1.54, 1.807) is 16.2 Å². The lowest BCUT2D eigenvalue weighted by molar-refractivity contribution is 0.0114. The number of amides is 1. The van der Waals surface area contributed by atoms with Crippen molar-refractivity contribution >= 4 is 17.4 Å². The van der Waals surface area contributed by atoms with Crippen molar-refractivity contribution in [2.75, 3.05) is 19.6 Å². The predicted octanol–water partition coefficient (Wildman–Crippen LogP) is 3.15.